The van der Waals surface area contributed by atoms with Crippen molar-refractivity contribution in [3.05, 3.63) is 39.4 Å². The molecule has 1 saturated carbocycles. The maximum Gasteiger partial charge on any atom is 0.273 e. The molecule has 6 nitrogen and oxygen atoms in total. The van der Waals surface area contributed by atoms with Crippen LogP contribution in [-0.2, 0) is 6.42 Å². The second-order valence-electron chi connectivity index (χ2n) is 5.76. The van der Waals surface area contributed by atoms with Gasteiger partial charge in [0, 0.05) is 17.2 Å². The van der Waals surface area contributed by atoms with Gasteiger partial charge >= 0.3 is 0 Å². The number of aliphatic hydroxyl groups is 1. The molecule has 1 unspecified atom stereocenters. The first-order chi connectivity index (χ1) is 9.91. The number of carbonyl (C=O) groups excluding carboxylic acids is 1. The van der Waals surface area contributed by atoms with Crippen LogP contribution in [0, 0.1) is 16.0 Å². The number of benzene rings is 1. The van der Waals surface area contributed by atoms with Crippen molar-refractivity contribution in [2.75, 3.05) is 6.61 Å². The summed E-state index contributed by atoms with van der Waals surface area (Å²) in [6.07, 6.45) is 2.49. The van der Waals surface area contributed by atoms with Crippen LogP contribution in [0.1, 0.15) is 42.6 Å². The third kappa shape index (κ3) is 3.21. The maximum atomic E-state index is 12.3. The van der Waals surface area contributed by atoms with Gasteiger partial charge in [0.25, 0.3) is 11.6 Å². The van der Waals surface area contributed by atoms with E-state index in [0.29, 0.717) is 12.0 Å². The molecule has 1 aromatic rings. The normalized spacial score (nSPS) is 17.1. The number of nitro groups is 1. The van der Waals surface area contributed by atoms with Crippen molar-refractivity contribution in [2.45, 2.75) is 38.6 Å². The van der Waals surface area contributed by atoms with E-state index in [0.717, 1.165) is 12.8 Å². The molecular weight excluding hydrogens is 272 g/mol. The molecule has 0 saturated heterocycles. The minimum atomic E-state index is -0.657. The molecule has 0 aromatic heterocycles. The number of aliphatic hydroxyl groups excluding tert-OH is 1. The standard InChI is InChI=1S/C15H20N2O4/c1-3-10-4-5-11(8-13(10)17(20)21)14(19)16-15(2,9-18)12-6-7-12/h4-5,8,12,18H,3,6-7,9H2,1-2H3,(H,16,19). The Kier molecular flexibility index (Phi) is 4.27. The zero-order valence-corrected chi connectivity index (χ0v) is 12.3. The lowest BCUT2D eigenvalue weighted by molar-refractivity contribution is -0.385. The van der Waals surface area contributed by atoms with Crippen molar-refractivity contribution >= 4 is 11.6 Å². The predicted molar refractivity (Wildman–Crippen MR) is 78.2 cm³/mol. The summed E-state index contributed by atoms with van der Waals surface area (Å²) in [4.78, 5) is 22.9. The van der Waals surface area contributed by atoms with Crippen LogP contribution in [0.25, 0.3) is 0 Å². The van der Waals surface area contributed by atoms with Crippen LogP contribution in [0.15, 0.2) is 18.2 Å². The highest BCUT2D eigenvalue weighted by Gasteiger charge is 2.42. The molecule has 1 amide bonds. The average Bonchev–Trinajstić information content (AvgIpc) is 3.31. The van der Waals surface area contributed by atoms with Crippen LogP contribution in [0.4, 0.5) is 5.69 Å². The smallest absolute Gasteiger partial charge is 0.273 e. The van der Waals surface area contributed by atoms with Gasteiger partial charge in [-0.05, 0) is 38.2 Å². The van der Waals surface area contributed by atoms with Gasteiger partial charge in [-0.1, -0.05) is 13.0 Å². The summed E-state index contributed by atoms with van der Waals surface area (Å²) in [6.45, 7) is 3.49. The highest BCUT2D eigenvalue weighted by atomic mass is 16.6. The summed E-state index contributed by atoms with van der Waals surface area (Å²) >= 11 is 0. The van der Waals surface area contributed by atoms with Crippen molar-refractivity contribution in [1.82, 2.24) is 5.32 Å². The van der Waals surface area contributed by atoms with E-state index in [2.05, 4.69) is 5.32 Å². The molecule has 1 fully saturated rings. The molecule has 1 aromatic carbocycles. The summed E-state index contributed by atoms with van der Waals surface area (Å²) in [6, 6.07) is 4.51. The van der Waals surface area contributed by atoms with Crippen molar-refractivity contribution in [1.29, 1.82) is 0 Å². The van der Waals surface area contributed by atoms with Gasteiger partial charge in [0.05, 0.1) is 17.1 Å². The van der Waals surface area contributed by atoms with E-state index in [1.165, 1.54) is 6.07 Å². The molecule has 1 aliphatic carbocycles. The van der Waals surface area contributed by atoms with Gasteiger partial charge in [-0.25, -0.2) is 0 Å². The molecule has 2 N–H and O–H groups in total. The summed E-state index contributed by atoms with van der Waals surface area (Å²) in [7, 11) is 0. The fourth-order valence-electron chi connectivity index (χ4n) is 2.50. The molecule has 6 heteroatoms. The van der Waals surface area contributed by atoms with Crippen molar-refractivity contribution < 1.29 is 14.8 Å². The number of aryl methyl sites for hydroxylation is 1. The lowest BCUT2D eigenvalue weighted by Crippen LogP contribution is -2.50. The molecule has 2 rings (SSSR count). The molecule has 1 atom stereocenters. The second kappa shape index (κ2) is 5.81. The van der Waals surface area contributed by atoms with Crippen molar-refractivity contribution in [3.63, 3.8) is 0 Å². The van der Waals surface area contributed by atoms with Gasteiger partial charge in [-0.3, -0.25) is 14.9 Å². The molecule has 0 heterocycles. The Hall–Kier alpha value is -1.95. The second-order valence-corrected chi connectivity index (χ2v) is 5.76. The van der Waals surface area contributed by atoms with E-state index in [1.54, 1.807) is 19.1 Å². The SMILES string of the molecule is CCc1ccc(C(=O)NC(C)(CO)C2CC2)cc1[N+](=O)[O-]. The van der Waals surface area contributed by atoms with E-state index >= 15 is 0 Å². The fourth-order valence-corrected chi connectivity index (χ4v) is 2.50. The summed E-state index contributed by atoms with van der Waals surface area (Å²) in [5, 5.41) is 23.4. The van der Waals surface area contributed by atoms with E-state index in [1.807, 2.05) is 6.92 Å². The van der Waals surface area contributed by atoms with E-state index in [9.17, 15) is 20.0 Å². The fraction of sp³-hybridized carbons (Fsp3) is 0.533. The summed E-state index contributed by atoms with van der Waals surface area (Å²) < 4.78 is 0. The van der Waals surface area contributed by atoms with Crippen molar-refractivity contribution in [2.24, 2.45) is 5.92 Å². The minimum absolute atomic E-state index is 0.0396. The van der Waals surface area contributed by atoms with E-state index < -0.39 is 10.5 Å². The minimum Gasteiger partial charge on any atom is -0.394 e. The number of amides is 1. The molecule has 21 heavy (non-hydrogen) atoms. The van der Waals surface area contributed by atoms with E-state index in [4.69, 9.17) is 0 Å². The number of hydrogen-bond donors (Lipinski definition) is 2. The largest absolute Gasteiger partial charge is 0.394 e. The van der Waals surface area contributed by atoms with Crippen LogP contribution in [0.3, 0.4) is 0 Å². The maximum absolute atomic E-state index is 12.3. The molecule has 1 aliphatic rings. The molecule has 114 valence electrons. The first-order valence-corrected chi connectivity index (χ1v) is 7.12. The van der Waals surface area contributed by atoms with Crippen LogP contribution in [0.5, 0.6) is 0 Å². The Morgan fingerprint density at radius 2 is 2.19 bits per heavy atom. The van der Waals surface area contributed by atoms with Gasteiger partial charge in [0.2, 0.25) is 0 Å². The molecular formula is C15H20N2O4. The highest BCUT2D eigenvalue weighted by Crippen LogP contribution is 2.39. The number of nitro benzene ring substituents is 1. The molecule has 0 spiro atoms. The number of carbonyl (C=O) groups is 1. The van der Waals surface area contributed by atoms with Gasteiger partial charge in [0.15, 0.2) is 0 Å². The Balaban J connectivity index is 2.23. The van der Waals surface area contributed by atoms with Crippen LogP contribution >= 0.6 is 0 Å². The zero-order valence-electron chi connectivity index (χ0n) is 12.3. The van der Waals surface area contributed by atoms with Crippen molar-refractivity contribution in [3.8, 4) is 0 Å². The molecule has 0 aliphatic heterocycles. The van der Waals surface area contributed by atoms with Crippen LogP contribution in [-0.4, -0.2) is 28.1 Å². The number of rotatable bonds is 6. The lowest BCUT2D eigenvalue weighted by Gasteiger charge is -2.28. The first-order valence-electron chi connectivity index (χ1n) is 7.12. The monoisotopic (exact) mass is 292 g/mol. The quantitative estimate of drug-likeness (QED) is 0.620. The number of nitrogens with zero attached hydrogens (tertiary/aromatic N) is 1. The topological polar surface area (TPSA) is 92.5 Å². The van der Waals surface area contributed by atoms with Gasteiger partial charge in [0.1, 0.15) is 0 Å². The first kappa shape index (κ1) is 15.4. The lowest BCUT2D eigenvalue weighted by atomic mass is 9.96. The predicted octanol–water partition coefficient (Wildman–Crippen LogP) is 2.05. The third-order valence-corrected chi connectivity index (χ3v) is 4.13. The van der Waals surface area contributed by atoms with Crippen LogP contribution in [0.2, 0.25) is 0 Å². The zero-order chi connectivity index (χ0) is 15.6. The van der Waals surface area contributed by atoms with E-state index in [-0.39, 0.29) is 29.7 Å². The van der Waals surface area contributed by atoms with Gasteiger partial charge in [-0.15, -0.1) is 0 Å². The highest BCUT2D eigenvalue weighted by molar-refractivity contribution is 5.95. The molecule has 0 bridgehead atoms. The number of hydrogen-bond acceptors (Lipinski definition) is 4. The number of nitrogens with one attached hydrogen (secondary N) is 1. The third-order valence-electron chi connectivity index (χ3n) is 4.13. The van der Waals surface area contributed by atoms with Gasteiger partial charge < -0.3 is 10.4 Å². The van der Waals surface area contributed by atoms with Crippen LogP contribution < -0.4 is 5.32 Å². The average molecular weight is 292 g/mol. The van der Waals surface area contributed by atoms with Gasteiger partial charge in [-0.2, -0.15) is 0 Å². The molecule has 0 radical (unpaired) electrons. The Morgan fingerprint density at radius 1 is 1.52 bits per heavy atom. The summed E-state index contributed by atoms with van der Waals surface area (Å²) in [5.41, 5.74) is 0.153. The summed E-state index contributed by atoms with van der Waals surface area (Å²) in [5.74, 6) is -0.111. The Labute approximate surface area is 123 Å². The Morgan fingerprint density at radius 3 is 2.67 bits per heavy atom. The Bertz CT molecular complexity index is 569.